The number of benzene rings is 1. The van der Waals surface area contributed by atoms with Crippen molar-refractivity contribution >= 4 is 45.0 Å². The first-order valence-corrected chi connectivity index (χ1v) is 12.4. The Labute approximate surface area is 201 Å². The van der Waals surface area contributed by atoms with Gasteiger partial charge in [-0.05, 0) is 63.0 Å². The first kappa shape index (κ1) is 22.3. The molecule has 0 aliphatic carbocycles. The maximum absolute atomic E-state index is 12.3. The molecule has 2 amide bonds. The molecule has 2 aliphatic rings. The van der Waals surface area contributed by atoms with Crippen molar-refractivity contribution < 1.29 is 14.3 Å². The number of nitrogens with one attached hydrogen (secondary N) is 1. The van der Waals surface area contributed by atoms with Gasteiger partial charge in [0.15, 0.2) is 0 Å². The summed E-state index contributed by atoms with van der Waals surface area (Å²) in [7, 11) is 0. The van der Waals surface area contributed by atoms with E-state index in [4.69, 9.17) is 16.3 Å². The van der Waals surface area contributed by atoms with E-state index in [-0.39, 0.29) is 24.5 Å². The summed E-state index contributed by atoms with van der Waals surface area (Å²) in [4.78, 5) is 35.8. The minimum atomic E-state index is -0.113. The average Bonchev–Trinajstić information content (AvgIpc) is 3.22. The molecule has 1 N–H and O–H groups in total. The van der Waals surface area contributed by atoms with Crippen LogP contribution in [0.2, 0.25) is 5.02 Å². The van der Waals surface area contributed by atoms with E-state index in [1.807, 2.05) is 25.1 Å². The van der Waals surface area contributed by atoms with Gasteiger partial charge in [-0.2, -0.15) is 0 Å². The topological polar surface area (TPSA) is 84.4 Å². The molecule has 5 rings (SSSR count). The average molecular weight is 485 g/mol. The Morgan fingerprint density at radius 3 is 2.67 bits per heavy atom. The fourth-order valence-corrected chi connectivity index (χ4v) is 5.82. The minimum Gasteiger partial charge on any atom is -0.489 e. The number of carbonyl (C=O) groups excluding carboxylic acids is 2. The molecular formula is C24H25ClN4O3S. The van der Waals surface area contributed by atoms with Crippen molar-refractivity contribution in [2.75, 3.05) is 13.1 Å². The summed E-state index contributed by atoms with van der Waals surface area (Å²) in [6.45, 7) is 4.14. The fourth-order valence-electron chi connectivity index (χ4n) is 4.45. The van der Waals surface area contributed by atoms with Crippen LogP contribution in [0.4, 0.5) is 0 Å². The van der Waals surface area contributed by atoms with Crippen molar-refractivity contribution in [3.8, 4) is 17.0 Å². The van der Waals surface area contributed by atoms with E-state index in [0.717, 1.165) is 63.6 Å². The van der Waals surface area contributed by atoms with E-state index in [1.165, 1.54) is 22.6 Å². The van der Waals surface area contributed by atoms with Crippen LogP contribution in [0.1, 0.15) is 42.5 Å². The van der Waals surface area contributed by atoms with Gasteiger partial charge >= 0.3 is 0 Å². The Morgan fingerprint density at radius 2 is 1.91 bits per heavy atom. The number of thiophene rings is 1. The van der Waals surface area contributed by atoms with Crippen LogP contribution in [0.3, 0.4) is 0 Å². The molecule has 1 aromatic carbocycles. The van der Waals surface area contributed by atoms with Crippen molar-refractivity contribution in [3.05, 3.63) is 40.0 Å². The van der Waals surface area contributed by atoms with Gasteiger partial charge in [0.2, 0.25) is 11.8 Å². The highest BCUT2D eigenvalue weighted by Crippen LogP contribution is 2.41. The molecule has 0 atom stereocenters. The first-order valence-electron chi connectivity index (χ1n) is 11.2. The number of hydrogen-bond donors (Lipinski definition) is 1. The van der Waals surface area contributed by atoms with Crippen LogP contribution in [-0.2, 0) is 16.1 Å². The van der Waals surface area contributed by atoms with Gasteiger partial charge in [-0.15, -0.1) is 11.3 Å². The second kappa shape index (κ2) is 9.37. The molecule has 0 unspecified atom stereocenters. The molecule has 7 nitrogen and oxygen atoms in total. The second-order valence-electron chi connectivity index (χ2n) is 8.54. The second-order valence-corrected chi connectivity index (χ2v) is 10.1. The summed E-state index contributed by atoms with van der Waals surface area (Å²) < 4.78 is 7.37. The van der Waals surface area contributed by atoms with Crippen molar-refractivity contribution in [3.63, 3.8) is 0 Å². The number of halogens is 1. The molecule has 2 saturated heterocycles. The zero-order valence-corrected chi connectivity index (χ0v) is 20.0. The summed E-state index contributed by atoms with van der Waals surface area (Å²) in [5.41, 5.74) is 3.33. The van der Waals surface area contributed by atoms with E-state index in [0.29, 0.717) is 24.3 Å². The molecule has 2 aromatic heterocycles. The molecule has 2 aliphatic heterocycles. The van der Waals surface area contributed by atoms with Crippen LogP contribution in [0, 0.1) is 6.92 Å². The number of aromatic nitrogens is 2. The number of likely N-dealkylation sites (tertiary alicyclic amines) is 1. The van der Waals surface area contributed by atoms with Gasteiger partial charge in [0, 0.05) is 28.3 Å². The first-order chi connectivity index (χ1) is 16.0. The number of piperidine rings is 2. The van der Waals surface area contributed by atoms with Crippen LogP contribution in [0.15, 0.2) is 24.5 Å². The molecular weight excluding hydrogens is 460 g/mol. The smallest absolute Gasteiger partial charge is 0.229 e. The molecule has 0 radical (unpaired) electrons. The zero-order chi connectivity index (χ0) is 22.9. The fraction of sp³-hybridized carbons (Fsp3) is 0.417. The van der Waals surface area contributed by atoms with Crippen molar-refractivity contribution in [1.29, 1.82) is 0 Å². The molecule has 0 saturated carbocycles. The number of imide groups is 1. The number of ether oxygens (including phenoxy) is 1. The Hall–Kier alpha value is -2.55. The number of carbonyl (C=O) groups is 2. The van der Waals surface area contributed by atoms with Crippen LogP contribution in [0.25, 0.3) is 21.5 Å². The molecule has 0 bridgehead atoms. The molecule has 9 heteroatoms. The molecule has 3 aromatic rings. The third kappa shape index (κ3) is 4.60. The Balaban J connectivity index is 1.53. The zero-order valence-electron chi connectivity index (χ0n) is 18.4. The molecule has 4 heterocycles. The van der Waals surface area contributed by atoms with Crippen molar-refractivity contribution in [1.82, 2.24) is 20.2 Å². The Bertz CT molecular complexity index is 1210. The van der Waals surface area contributed by atoms with Crippen LogP contribution in [-0.4, -0.2) is 45.9 Å². The molecule has 0 spiro atoms. The predicted molar refractivity (Wildman–Crippen MR) is 129 cm³/mol. The van der Waals surface area contributed by atoms with E-state index < -0.39 is 0 Å². The lowest BCUT2D eigenvalue weighted by Gasteiger charge is -2.26. The highest BCUT2D eigenvalue weighted by Gasteiger charge is 2.27. The molecule has 172 valence electrons. The maximum atomic E-state index is 12.3. The minimum absolute atomic E-state index is 0.113. The van der Waals surface area contributed by atoms with Crippen LogP contribution >= 0.6 is 22.9 Å². The number of amides is 2. The quantitative estimate of drug-likeness (QED) is 0.537. The Kier molecular flexibility index (Phi) is 6.32. The molecule has 2 fully saturated rings. The third-order valence-corrected chi connectivity index (χ3v) is 7.46. The normalized spacial score (nSPS) is 17.7. The number of nitrogens with zero attached hydrogens (tertiary/aromatic N) is 3. The summed E-state index contributed by atoms with van der Waals surface area (Å²) in [5.74, 6) is 0.568. The number of fused-ring (bicyclic) bond motifs is 1. The van der Waals surface area contributed by atoms with Crippen molar-refractivity contribution in [2.45, 2.75) is 51.7 Å². The standard InChI is InChI=1S/C24H25ClN4O3S/c1-14-9-15(25)10-18(23(14)32-16-5-7-26-8-6-16)22-24-19(27-13-28-22)11-17(33-24)12-29-20(30)3-2-4-21(29)31/h9-11,13,16,26H,2-8,12H2,1H3. The van der Waals surface area contributed by atoms with E-state index in [9.17, 15) is 9.59 Å². The Morgan fingerprint density at radius 1 is 1.15 bits per heavy atom. The van der Waals surface area contributed by atoms with Crippen LogP contribution < -0.4 is 10.1 Å². The predicted octanol–water partition coefficient (Wildman–Crippen LogP) is 4.49. The number of aryl methyl sites for hydroxylation is 1. The van der Waals surface area contributed by atoms with Gasteiger partial charge in [0.05, 0.1) is 22.5 Å². The SMILES string of the molecule is Cc1cc(Cl)cc(-c2ncnc3cc(CN4C(=O)CCCC4=O)sc23)c1OC1CCNCC1. The number of rotatable bonds is 5. The summed E-state index contributed by atoms with van der Waals surface area (Å²) >= 11 is 7.95. The van der Waals surface area contributed by atoms with Gasteiger partial charge in [-0.3, -0.25) is 14.5 Å². The van der Waals surface area contributed by atoms with E-state index in [1.54, 1.807) is 0 Å². The van der Waals surface area contributed by atoms with E-state index >= 15 is 0 Å². The summed E-state index contributed by atoms with van der Waals surface area (Å²) in [6, 6.07) is 5.74. The van der Waals surface area contributed by atoms with Crippen molar-refractivity contribution in [2.24, 2.45) is 0 Å². The van der Waals surface area contributed by atoms with Gasteiger partial charge in [0.1, 0.15) is 18.2 Å². The summed E-state index contributed by atoms with van der Waals surface area (Å²) in [5, 5.41) is 3.98. The lowest BCUT2D eigenvalue weighted by atomic mass is 10.0. The van der Waals surface area contributed by atoms with Crippen LogP contribution in [0.5, 0.6) is 5.75 Å². The monoisotopic (exact) mass is 484 g/mol. The lowest BCUT2D eigenvalue weighted by Crippen LogP contribution is -2.39. The third-order valence-electron chi connectivity index (χ3n) is 6.12. The van der Waals surface area contributed by atoms with Gasteiger partial charge in [-0.25, -0.2) is 9.97 Å². The lowest BCUT2D eigenvalue weighted by molar-refractivity contribution is -0.148. The van der Waals surface area contributed by atoms with E-state index in [2.05, 4.69) is 15.3 Å². The largest absolute Gasteiger partial charge is 0.489 e. The highest BCUT2D eigenvalue weighted by molar-refractivity contribution is 7.19. The maximum Gasteiger partial charge on any atom is 0.229 e. The number of hydrogen-bond acceptors (Lipinski definition) is 7. The summed E-state index contributed by atoms with van der Waals surface area (Å²) in [6.07, 6.45) is 5.03. The van der Waals surface area contributed by atoms with Gasteiger partial charge in [0.25, 0.3) is 0 Å². The highest BCUT2D eigenvalue weighted by atomic mass is 35.5. The van der Waals surface area contributed by atoms with Gasteiger partial charge in [-0.1, -0.05) is 11.6 Å². The molecule has 33 heavy (non-hydrogen) atoms. The van der Waals surface area contributed by atoms with Gasteiger partial charge < -0.3 is 10.1 Å².